The molecular weight excluding hydrogens is 320 g/mol. The molecule has 0 fully saturated rings. The van der Waals surface area contributed by atoms with Crippen molar-refractivity contribution < 1.29 is 14.3 Å². The number of carbonyl (C=O) groups is 1. The second kappa shape index (κ2) is 8.16. The van der Waals surface area contributed by atoms with Gasteiger partial charge in [-0.1, -0.05) is 0 Å². The molecule has 0 aliphatic carbocycles. The molecule has 0 saturated heterocycles. The number of pyridine rings is 1. The molecule has 0 bridgehead atoms. The van der Waals surface area contributed by atoms with E-state index in [0.29, 0.717) is 24.4 Å². The predicted molar refractivity (Wildman–Crippen MR) is 90.6 cm³/mol. The average molecular weight is 338 g/mol. The molecule has 0 radical (unpaired) electrons. The molecule has 0 unspecified atom stereocenters. The highest BCUT2D eigenvalue weighted by atomic mass is 16.3. The fourth-order valence-electron chi connectivity index (χ4n) is 2.35. The Labute approximate surface area is 144 Å². The Morgan fingerprint density at radius 1 is 1.20 bits per heavy atom. The summed E-state index contributed by atoms with van der Waals surface area (Å²) in [4.78, 5) is 24.6. The standard InChI is InChI=1S/C18H18N4O3/c23-12-13(8-16-2-1-7-25-16)9-22-18(24)15-10-20-17(21-11-15)14-3-5-19-6-4-14/h1-7,10-11,13,23H,8-9,12H2,(H,22,24)/t13-/m1/s1. The Kier molecular flexibility index (Phi) is 5.48. The van der Waals surface area contributed by atoms with E-state index in [-0.39, 0.29) is 18.4 Å². The van der Waals surface area contributed by atoms with Crippen LogP contribution in [0.1, 0.15) is 16.1 Å². The largest absolute Gasteiger partial charge is 0.469 e. The normalized spacial score (nSPS) is 11.9. The van der Waals surface area contributed by atoms with Gasteiger partial charge in [-0.05, 0) is 24.3 Å². The molecular formula is C18H18N4O3. The van der Waals surface area contributed by atoms with Gasteiger partial charge in [0.05, 0.1) is 11.8 Å². The van der Waals surface area contributed by atoms with E-state index < -0.39 is 0 Å². The molecule has 1 amide bonds. The Morgan fingerprint density at radius 2 is 1.96 bits per heavy atom. The fraction of sp³-hybridized carbons (Fsp3) is 0.222. The highest BCUT2D eigenvalue weighted by Crippen LogP contribution is 2.12. The van der Waals surface area contributed by atoms with Crippen molar-refractivity contribution in [3.05, 3.63) is 66.6 Å². The van der Waals surface area contributed by atoms with Crippen molar-refractivity contribution in [3.63, 3.8) is 0 Å². The molecule has 0 aliphatic heterocycles. The number of nitrogens with one attached hydrogen (secondary N) is 1. The summed E-state index contributed by atoms with van der Waals surface area (Å²) in [7, 11) is 0. The zero-order valence-electron chi connectivity index (χ0n) is 13.5. The Bertz CT molecular complexity index is 789. The quantitative estimate of drug-likeness (QED) is 0.680. The van der Waals surface area contributed by atoms with Gasteiger partial charge in [0.25, 0.3) is 5.91 Å². The third kappa shape index (κ3) is 4.48. The van der Waals surface area contributed by atoms with E-state index in [9.17, 15) is 9.90 Å². The van der Waals surface area contributed by atoms with Gasteiger partial charge in [0.1, 0.15) is 5.76 Å². The van der Waals surface area contributed by atoms with Crippen molar-refractivity contribution in [2.45, 2.75) is 6.42 Å². The lowest BCUT2D eigenvalue weighted by Crippen LogP contribution is -2.32. The van der Waals surface area contributed by atoms with E-state index in [1.165, 1.54) is 12.4 Å². The van der Waals surface area contributed by atoms with Gasteiger partial charge in [0, 0.05) is 55.8 Å². The van der Waals surface area contributed by atoms with E-state index in [1.54, 1.807) is 36.9 Å². The zero-order valence-corrected chi connectivity index (χ0v) is 13.5. The monoisotopic (exact) mass is 338 g/mol. The van der Waals surface area contributed by atoms with Crippen LogP contribution in [0.2, 0.25) is 0 Å². The summed E-state index contributed by atoms with van der Waals surface area (Å²) >= 11 is 0. The first-order valence-electron chi connectivity index (χ1n) is 7.90. The molecule has 0 spiro atoms. The smallest absolute Gasteiger partial charge is 0.254 e. The minimum atomic E-state index is -0.279. The second-order valence-corrected chi connectivity index (χ2v) is 5.57. The molecule has 3 aromatic heterocycles. The number of nitrogens with zero attached hydrogens (tertiary/aromatic N) is 3. The third-order valence-electron chi connectivity index (χ3n) is 3.73. The SMILES string of the molecule is O=C(NC[C@H](CO)Cc1ccco1)c1cnc(-c2ccncc2)nc1. The average Bonchev–Trinajstić information content (AvgIpc) is 3.19. The summed E-state index contributed by atoms with van der Waals surface area (Å²) in [6.07, 6.45) is 8.43. The molecule has 2 N–H and O–H groups in total. The van der Waals surface area contributed by atoms with Crippen molar-refractivity contribution in [3.8, 4) is 11.4 Å². The molecule has 3 heterocycles. The van der Waals surface area contributed by atoms with Gasteiger partial charge in [-0.3, -0.25) is 9.78 Å². The third-order valence-corrected chi connectivity index (χ3v) is 3.73. The summed E-state index contributed by atoms with van der Waals surface area (Å²) in [5.41, 5.74) is 1.20. The van der Waals surface area contributed by atoms with Crippen LogP contribution >= 0.6 is 0 Å². The van der Waals surface area contributed by atoms with Gasteiger partial charge in [-0.15, -0.1) is 0 Å². The first kappa shape index (κ1) is 16.8. The van der Waals surface area contributed by atoms with E-state index in [1.807, 2.05) is 6.07 Å². The van der Waals surface area contributed by atoms with Gasteiger partial charge in [-0.25, -0.2) is 9.97 Å². The lowest BCUT2D eigenvalue weighted by atomic mass is 10.1. The van der Waals surface area contributed by atoms with Crippen molar-refractivity contribution >= 4 is 5.91 Å². The molecule has 128 valence electrons. The van der Waals surface area contributed by atoms with E-state index in [2.05, 4.69) is 20.3 Å². The zero-order chi connectivity index (χ0) is 17.5. The maximum atomic E-state index is 12.2. The fourth-order valence-corrected chi connectivity index (χ4v) is 2.35. The number of aliphatic hydroxyl groups is 1. The van der Waals surface area contributed by atoms with Crippen LogP contribution in [0.3, 0.4) is 0 Å². The van der Waals surface area contributed by atoms with Crippen LogP contribution in [0.5, 0.6) is 0 Å². The summed E-state index contributed by atoms with van der Waals surface area (Å²) in [6, 6.07) is 7.24. The van der Waals surface area contributed by atoms with Crippen LogP contribution in [-0.2, 0) is 6.42 Å². The minimum absolute atomic E-state index is 0.0432. The van der Waals surface area contributed by atoms with Crippen LogP contribution in [-0.4, -0.2) is 39.1 Å². The molecule has 0 saturated carbocycles. The van der Waals surface area contributed by atoms with Crippen LogP contribution in [0.15, 0.2) is 59.7 Å². The first-order chi connectivity index (χ1) is 12.3. The lowest BCUT2D eigenvalue weighted by Gasteiger charge is -2.13. The number of hydrogen-bond donors (Lipinski definition) is 2. The molecule has 3 rings (SSSR count). The van der Waals surface area contributed by atoms with E-state index in [0.717, 1.165) is 11.3 Å². The van der Waals surface area contributed by atoms with Crippen LogP contribution in [0, 0.1) is 5.92 Å². The Hall–Kier alpha value is -3.06. The molecule has 7 heteroatoms. The Balaban J connectivity index is 1.57. The summed E-state index contributed by atoms with van der Waals surface area (Å²) in [6.45, 7) is 0.292. The Morgan fingerprint density at radius 3 is 2.60 bits per heavy atom. The molecule has 7 nitrogen and oxygen atoms in total. The minimum Gasteiger partial charge on any atom is -0.469 e. The van der Waals surface area contributed by atoms with Crippen LogP contribution in [0.25, 0.3) is 11.4 Å². The number of carbonyl (C=O) groups excluding carboxylic acids is 1. The number of aromatic nitrogens is 3. The second-order valence-electron chi connectivity index (χ2n) is 5.57. The van der Waals surface area contributed by atoms with Crippen molar-refractivity contribution in [2.24, 2.45) is 5.92 Å². The first-order valence-corrected chi connectivity index (χ1v) is 7.90. The highest BCUT2D eigenvalue weighted by Gasteiger charge is 2.14. The number of furan rings is 1. The van der Waals surface area contributed by atoms with Gasteiger partial charge < -0.3 is 14.8 Å². The van der Waals surface area contributed by atoms with Crippen molar-refractivity contribution in [1.29, 1.82) is 0 Å². The van der Waals surface area contributed by atoms with Crippen LogP contribution in [0.4, 0.5) is 0 Å². The van der Waals surface area contributed by atoms with Crippen LogP contribution < -0.4 is 5.32 Å². The number of hydrogen-bond acceptors (Lipinski definition) is 6. The molecule has 0 aliphatic rings. The van der Waals surface area contributed by atoms with E-state index in [4.69, 9.17) is 4.42 Å². The summed E-state index contributed by atoms with van der Waals surface area (Å²) in [5, 5.41) is 12.2. The predicted octanol–water partition coefficient (Wildman–Crippen LogP) is 1.71. The number of amides is 1. The molecule has 1 atom stereocenters. The van der Waals surface area contributed by atoms with Gasteiger partial charge in [0.15, 0.2) is 5.82 Å². The molecule has 0 aromatic carbocycles. The molecule has 3 aromatic rings. The lowest BCUT2D eigenvalue weighted by molar-refractivity contribution is 0.0938. The van der Waals surface area contributed by atoms with Gasteiger partial charge in [-0.2, -0.15) is 0 Å². The maximum Gasteiger partial charge on any atom is 0.254 e. The highest BCUT2D eigenvalue weighted by molar-refractivity contribution is 5.93. The van der Waals surface area contributed by atoms with Crippen molar-refractivity contribution in [2.75, 3.05) is 13.2 Å². The molecule has 25 heavy (non-hydrogen) atoms. The maximum absolute atomic E-state index is 12.2. The topological polar surface area (TPSA) is 101 Å². The number of aliphatic hydroxyl groups excluding tert-OH is 1. The van der Waals surface area contributed by atoms with Crippen molar-refractivity contribution in [1.82, 2.24) is 20.3 Å². The summed E-state index contributed by atoms with van der Waals surface area (Å²) < 4.78 is 5.26. The van der Waals surface area contributed by atoms with Gasteiger partial charge >= 0.3 is 0 Å². The number of rotatable bonds is 7. The van der Waals surface area contributed by atoms with Gasteiger partial charge in [0.2, 0.25) is 0 Å². The summed E-state index contributed by atoms with van der Waals surface area (Å²) in [5.74, 6) is 0.912. The van der Waals surface area contributed by atoms with E-state index >= 15 is 0 Å².